The van der Waals surface area contributed by atoms with E-state index in [1.54, 1.807) is 12.1 Å². The van der Waals surface area contributed by atoms with Gasteiger partial charge < -0.3 is 9.84 Å². The van der Waals surface area contributed by atoms with Crippen LogP contribution < -0.4 is 15.0 Å². The van der Waals surface area contributed by atoms with Crippen LogP contribution in [0.4, 0.5) is 10.5 Å². The number of phenols is 1. The van der Waals surface area contributed by atoms with Crippen LogP contribution in [0.1, 0.15) is 5.56 Å². The highest BCUT2D eigenvalue weighted by molar-refractivity contribution is 6.39. The Balaban J connectivity index is 2.02. The average molecular weight is 373 g/mol. The molecule has 132 valence electrons. The van der Waals surface area contributed by atoms with Crippen molar-refractivity contribution in [2.45, 2.75) is 0 Å². The summed E-state index contributed by atoms with van der Waals surface area (Å²) in [7, 11) is 1.49. The maximum Gasteiger partial charge on any atom is 0.335 e. The molecule has 0 atom stereocenters. The van der Waals surface area contributed by atoms with Crippen LogP contribution in [-0.2, 0) is 9.59 Å². The van der Waals surface area contributed by atoms with E-state index in [4.69, 9.17) is 16.3 Å². The maximum absolute atomic E-state index is 12.7. The molecule has 0 aliphatic carbocycles. The Hall–Kier alpha value is -3.32. The van der Waals surface area contributed by atoms with Crippen molar-refractivity contribution in [1.82, 2.24) is 5.32 Å². The van der Waals surface area contributed by atoms with Crippen LogP contribution >= 0.6 is 11.6 Å². The Morgan fingerprint density at radius 1 is 1.12 bits per heavy atom. The van der Waals surface area contributed by atoms with E-state index < -0.39 is 17.8 Å². The second-order valence-electron chi connectivity index (χ2n) is 5.36. The highest BCUT2D eigenvalue weighted by Gasteiger charge is 2.36. The van der Waals surface area contributed by atoms with Gasteiger partial charge in [-0.25, -0.2) is 9.69 Å². The first-order valence-electron chi connectivity index (χ1n) is 7.44. The molecule has 0 aromatic heterocycles. The second kappa shape index (κ2) is 6.89. The third-order valence-electron chi connectivity index (χ3n) is 3.72. The number of rotatable bonds is 3. The molecule has 2 N–H and O–H groups in total. The number of carbonyl (C=O) groups excluding carboxylic acids is 3. The molecule has 26 heavy (non-hydrogen) atoms. The van der Waals surface area contributed by atoms with E-state index in [1.165, 1.54) is 43.5 Å². The van der Waals surface area contributed by atoms with Crippen molar-refractivity contribution < 1.29 is 24.2 Å². The smallest absolute Gasteiger partial charge is 0.335 e. The fraction of sp³-hybridized carbons (Fsp3) is 0.0556. The third kappa shape index (κ3) is 3.25. The Labute approximate surface area is 153 Å². The van der Waals surface area contributed by atoms with Crippen molar-refractivity contribution in [3.8, 4) is 11.5 Å². The Morgan fingerprint density at radius 3 is 2.46 bits per heavy atom. The summed E-state index contributed by atoms with van der Waals surface area (Å²) < 4.78 is 5.04. The lowest BCUT2D eigenvalue weighted by Gasteiger charge is -2.26. The van der Waals surface area contributed by atoms with Gasteiger partial charge in [-0.15, -0.1) is 0 Å². The first-order valence-corrected chi connectivity index (χ1v) is 7.82. The standard InChI is InChI=1S/C18H13ClN2O5/c1-26-13-5-3-12(4-6-13)21-17(24)14(16(23)20-18(21)25)9-10-8-11(19)2-7-15(10)22/h2-9,22H,1H3,(H,20,23,25)/b14-9+. The van der Waals surface area contributed by atoms with Crippen molar-refractivity contribution >= 4 is 41.2 Å². The van der Waals surface area contributed by atoms with Gasteiger partial charge in [0.15, 0.2) is 0 Å². The molecule has 2 aromatic rings. The molecule has 1 fully saturated rings. The highest BCUT2D eigenvalue weighted by Crippen LogP contribution is 2.27. The molecule has 0 bridgehead atoms. The number of hydrogen-bond donors (Lipinski definition) is 2. The van der Waals surface area contributed by atoms with Crippen molar-refractivity contribution in [2.75, 3.05) is 12.0 Å². The molecule has 7 nitrogen and oxygen atoms in total. The molecule has 1 aliphatic heterocycles. The van der Waals surface area contributed by atoms with Gasteiger partial charge in [-0.3, -0.25) is 14.9 Å². The molecular weight excluding hydrogens is 360 g/mol. The molecule has 0 radical (unpaired) electrons. The van der Waals surface area contributed by atoms with Gasteiger partial charge in [0.2, 0.25) is 0 Å². The van der Waals surface area contributed by atoms with Gasteiger partial charge in [0.05, 0.1) is 12.8 Å². The maximum atomic E-state index is 12.7. The summed E-state index contributed by atoms with van der Waals surface area (Å²) in [6.07, 6.45) is 1.18. The first-order chi connectivity index (χ1) is 12.4. The van der Waals surface area contributed by atoms with Crippen molar-refractivity contribution in [2.24, 2.45) is 0 Å². The topological polar surface area (TPSA) is 95.9 Å². The minimum Gasteiger partial charge on any atom is -0.507 e. The fourth-order valence-electron chi connectivity index (χ4n) is 2.42. The van der Waals surface area contributed by atoms with E-state index in [2.05, 4.69) is 5.32 Å². The Morgan fingerprint density at radius 2 is 1.81 bits per heavy atom. The lowest BCUT2D eigenvalue weighted by molar-refractivity contribution is -0.122. The molecule has 1 heterocycles. The number of imide groups is 2. The number of aromatic hydroxyl groups is 1. The number of phenolic OH excluding ortho intramolecular Hbond substituents is 1. The zero-order valence-corrected chi connectivity index (χ0v) is 14.3. The summed E-state index contributed by atoms with van der Waals surface area (Å²) in [6.45, 7) is 0. The minimum absolute atomic E-state index is 0.157. The molecule has 4 amide bonds. The van der Waals surface area contributed by atoms with Crippen LogP contribution in [-0.4, -0.2) is 30.1 Å². The summed E-state index contributed by atoms with van der Waals surface area (Å²) in [6, 6.07) is 9.54. The molecule has 0 unspecified atom stereocenters. The number of urea groups is 1. The number of nitrogens with one attached hydrogen (secondary N) is 1. The SMILES string of the molecule is COc1ccc(N2C(=O)NC(=O)/C(=C\c3cc(Cl)ccc3O)C2=O)cc1. The molecule has 0 spiro atoms. The average Bonchev–Trinajstić information content (AvgIpc) is 2.62. The van der Waals surface area contributed by atoms with Crippen LogP contribution in [0.2, 0.25) is 5.02 Å². The predicted octanol–water partition coefficient (Wildman–Crippen LogP) is 2.72. The molecule has 2 aromatic carbocycles. The van der Waals surface area contributed by atoms with E-state index in [0.717, 1.165) is 4.90 Å². The van der Waals surface area contributed by atoms with Crippen molar-refractivity contribution in [1.29, 1.82) is 0 Å². The van der Waals surface area contributed by atoms with Crippen LogP contribution in [0.15, 0.2) is 48.0 Å². The lowest BCUT2D eigenvalue weighted by atomic mass is 10.1. The molecule has 8 heteroatoms. The second-order valence-corrected chi connectivity index (χ2v) is 5.80. The lowest BCUT2D eigenvalue weighted by Crippen LogP contribution is -2.54. The van der Waals surface area contributed by atoms with E-state index >= 15 is 0 Å². The normalized spacial score (nSPS) is 16.0. The van der Waals surface area contributed by atoms with Crippen LogP contribution in [0.5, 0.6) is 11.5 Å². The Bertz CT molecular complexity index is 937. The van der Waals surface area contributed by atoms with Crippen molar-refractivity contribution in [3.63, 3.8) is 0 Å². The number of hydrogen-bond acceptors (Lipinski definition) is 5. The molecule has 1 aliphatic rings. The quantitative estimate of drug-likeness (QED) is 0.638. The summed E-state index contributed by atoms with van der Waals surface area (Å²) in [5, 5.41) is 12.3. The van der Waals surface area contributed by atoms with E-state index in [-0.39, 0.29) is 22.6 Å². The van der Waals surface area contributed by atoms with E-state index in [9.17, 15) is 19.5 Å². The number of benzene rings is 2. The number of ether oxygens (including phenoxy) is 1. The van der Waals surface area contributed by atoms with Gasteiger partial charge in [-0.2, -0.15) is 0 Å². The summed E-state index contributed by atoms with van der Waals surface area (Å²) >= 11 is 5.88. The fourth-order valence-corrected chi connectivity index (χ4v) is 2.60. The number of methoxy groups -OCH3 is 1. The molecule has 1 saturated heterocycles. The van der Waals surface area contributed by atoms with Gasteiger partial charge in [0.25, 0.3) is 11.8 Å². The number of nitrogens with zero attached hydrogens (tertiary/aromatic N) is 1. The number of anilines is 1. The Kier molecular flexibility index (Phi) is 4.64. The van der Waals surface area contributed by atoms with Crippen LogP contribution in [0.3, 0.4) is 0 Å². The van der Waals surface area contributed by atoms with Crippen LogP contribution in [0, 0.1) is 0 Å². The first kappa shape index (κ1) is 17.5. The largest absolute Gasteiger partial charge is 0.507 e. The van der Waals surface area contributed by atoms with Crippen molar-refractivity contribution in [3.05, 3.63) is 58.6 Å². The van der Waals surface area contributed by atoms with Crippen LogP contribution in [0.25, 0.3) is 6.08 Å². The molecular formula is C18H13ClN2O5. The summed E-state index contributed by atoms with van der Waals surface area (Å²) in [4.78, 5) is 37.8. The number of amides is 4. The summed E-state index contributed by atoms with van der Waals surface area (Å²) in [5.41, 5.74) is 0.139. The van der Waals surface area contributed by atoms with Gasteiger partial charge in [-0.05, 0) is 48.5 Å². The van der Waals surface area contributed by atoms with E-state index in [0.29, 0.717) is 10.8 Å². The number of carbonyl (C=O) groups is 3. The number of halogens is 1. The zero-order valence-electron chi connectivity index (χ0n) is 13.5. The summed E-state index contributed by atoms with van der Waals surface area (Å²) in [5.74, 6) is -1.28. The molecule has 0 saturated carbocycles. The monoisotopic (exact) mass is 372 g/mol. The molecule has 3 rings (SSSR count). The highest BCUT2D eigenvalue weighted by atomic mass is 35.5. The predicted molar refractivity (Wildman–Crippen MR) is 95.1 cm³/mol. The third-order valence-corrected chi connectivity index (χ3v) is 3.96. The van der Waals surface area contributed by atoms with Gasteiger partial charge in [-0.1, -0.05) is 11.6 Å². The van der Waals surface area contributed by atoms with Gasteiger partial charge >= 0.3 is 6.03 Å². The minimum atomic E-state index is -0.863. The van der Waals surface area contributed by atoms with Gasteiger partial charge in [0, 0.05) is 10.6 Å². The number of barbiturate groups is 1. The van der Waals surface area contributed by atoms with Gasteiger partial charge in [0.1, 0.15) is 17.1 Å². The zero-order chi connectivity index (χ0) is 18.8. The van der Waals surface area contributed by atoms with E-state index in [1.807, 2.05) is 0 Å².